The van der Waals surface area contributed by atoms with E-state index in [1.807, 2.05) is 6.07 Å². The van der Waals surface area contributed by atoms with Crippen LogP contribution in [0.15, 0.2) is 24.3 Å². The topological polar surface area (TPSA) is 21.3 Å². The van der Waals surface area contributed by atoms with Gasteiger partial charge in [-0.15, -0.1) is 0 Å². The highest BCUT2D eigenvalue weighted by atomic mass is 19.1. The maximum absolute atomic E-state index is 13.5. The highest BCUT2D eigenvalue weighted by Crippen LogP contribution is 2.49. The van der Waals surface area contributed by atoms with Crippen molar-refractivity contribution in [2.75, 3.05) is 19.7 Å². The minimum atomic E-state index is -0.127. The summed E-state index contributed by atoms with van der Waals surface area (Å²) >= 11 is 0. The summed E-state index contributed by atoms with van der Waals surface area (Å²) < 4.78 is 19.2. The summed E-state index contributed by atoms with van der Waals surface area (Å²) in [7, 11) is 0. The molecule has 0 amide bonds. The number of hydrogen-bond acceptors (Lipinski definition) is 2. The van der Waals surface area contributed by atoms with Gasteiger partial charge in [-0.2, -0.15) is 0 Å². The van der Waals surface area contributed by atoms with Crippen LogP contribution < -0.4 is 5.32 Å². The standard InChI is InChI=1S/C16H22FNO/c1-12-10-16(6-8-19-12)5-7-18-11-15(16)13-3-2-4-14(17)9-13/h2-4,9,12,15,18H,5-8,10-11H2,1H3. The molecule has 2 fully saturated rings. The van der Waals surface area contributed by atoms with Crippen LogP contribution in [0.2, 0.25) is 0 Å². The lowest BCUT2D eigenvalue weighted by Crippen LogP contribution is -2.48. The molecule has 2 heterocycles. The molecular formula is C16H22FNO. The molecule has 2 aliphatic heterocycles. The third-order valence-corrected chi connectivity index (χ3v) is 4.83. The summed E-state index contributed by atoms with van der Waals surface area (Å²) in [6, 6.07) is 7.14. The Bertz CT molecular complexity index is 446. The molecule has 0 saturated carbocycles. The summed E-state index contributed by atoms with van der Waals surface area (Å²) in [5, 5.41) is 3.48. The fourth-order valence-corrected chi connectivity index (χ4v) is 3.91. The molecule has 3 heteroatoms. The van der Waals surface area contributed by atoms with Crippen molar-refractivity contribution in [3.05, 3.63) is 35.6 Å². The van der Waals surface area contributed by atoms with Crippen molar-refractivity contribution in [3.8, 4) is 0 Å². The summed E-state index contributed by atoms with van der Waals surface area (Å²) in [5.74, 6) is 0.279. The maximum Gasteiger partial charge on any atom is 0.123 e. The Morgan fingerprint density at radius 1 is 1.37 bits per heavy atom. The number of rotatable bonds is 1. The van der Waals surface area contributed by atoms with Gasteiger partial charge in [0.05, 0.1) is 6.10 Å². The number of benzene rings is 1. The van der Waals surface area contributed by atoms with Crippen LogP contribution in [-0.2, 0) is 4.74 Å². The van der Waals surface area contributed by atoms with Gasteiger partial charge < -0.3 is 10.1 Å². The molecule has 0 aromatic heterocycles. The number of piperidine rings is 1. The lowest BCUT2D eigenvalue weighted by Gasteiger charge is -2.49. The number of nitrogens with one attached hydrogen (secondary N) is 1. The summed E-state index contributed by atoms with van der Waals surface area (Å²) in [6.07, 6.45) is 3.68. The second-order valence-corrected chi connectivity index (χ2v) is 6.06. The molecule has 104 valence electrons. The maximum atomic E-state index is 13.5. The zero-order chi connectivity index (χ0) is 13.3. The zero-order valence-electron chi connectivity index (χ0n) is 11.5. The van der Waals surface area contributed by atoms with Crippen molar-refractivity contribution in [1.82, 2.24) is 5.32 Å². The van der Waals surface area contributed by atoms with Gasteiger partial charge in [-0.25, -0.2) is 4.39 Å². The van der Waals surface area contributed by atoms with E-state index in [0.29, 0.717) is 12.0 Å². The summed E-state index contributed by atoms with van der Waals surface area (Å²) in [4.78, 5) is 0. The molecule has 3 unspecified atom stereocenters. The molecule has 0 bridgehead atoms. The van der Waals surface area contributed by atoms with Gasteiger partial charge in [0.2, 0.25) is 0 Å². The monoisotopic (exact) mass is 263 g/mol. The van der Waals surface area contributed by atoms with E-state index >= 15 is 0 Å². The van der Waals surface area contributed by atoms with E-state index in [0.717, 1.165) is 38.1 Å². The molecule has 3 atom stereocenters. The summed E-state index contributed by atoms with van der Waals surface area (Å²) in [6.45, 7) is 5.02. The van der Waals surface area contributed by atoms with Crippen LogP contribution >= 0.6 is 0 Å². The molecule has 2 aliphatic rings. The Labute approximate surface area is 114 Å². The first-order valence-electron chi connectivity index (χ1n) is 7.27. The molecule has 1 aromatic carbocycles. The summed E-state index contributed by atoms with van der Waals surface area (Å²) in [5.41, 5.74) is 1.43. The van der Waals surface area contributed by atoms with Crippen LogP contribution in [0.4, 0.5) is 4.39 Å². The molecule has 2 nitrogen and oxygen atoms in total. The molecular weight excluding hydrogens is 241 g/mol. The Hall–Kier alpha value is -0.930. The van der Waals surface area contributed by atoms with Crippen LogP contribution in [0, 0.1) is 11.2 Å². The van der Waals surface area contributed by atoms with E-state index in [-0.39, 0.29) is 11.2 Å². The largest absolute Gasteiger partial charge is 0.378 e. The van der Waals surface area contributed by atoms with Gasteiger partial charge in [0.1, 0.15) is 5.82 Å². The number of hydrogen-bond donors (Lipinski definition) is 1. The van der Waals surface area contributed by atoms with E-state index < -0.39 is 0 Å². The van der Waals surface area contributed by atoms with E-state index in [1.54, 1.807) is 6.07 Å². The molecule has 3 rings (SSSR count). The predicted octanol–water partition coefficient (Wildman–Crippen LogP) is 3.09. The van der Waals surface area contributed by atoms with Crippen LogP contribution in [0.3, 0.4) is 0 Å². The van der Waals surface area contributed by atoms with Gasteiger partial charge in [-0.05, 0) is 55.8 Å². The average molecular weight is 263 g/mol. The Morgan fingerprint density at radius 3 is 3.05 bits per heavy atom. The van der Waals surface area contributed by atoms with E-state index in [1.165, 1.54) is 12.5 Å². The average Bonchev–Trinajstić information content (AvgIpc) is 2.39. The third kappa shape index (κ3) is 2.54. The van der Waals surface area contributed by atoms with Crippen molar-refractivity contribution in [3.63, 3.8) is 0 Å². The normalized spacial score (nSPS) is 35.5. The number of halogens is 1. The van der Waals surface area contributed by atoms with Gasteiger partial charge >= 0.3 is 0 Å². The minimum absolute atomic E-state index is 0.127. The lowest BCUT2D eigenvalue weighted by molar-refractivity contribution is -0.0597. The van der Waals surface area contributed by atoms with Crippen LogP contribution in [0.5, 0.6) is 0 Å². The van der Waals surface area contributed by atoms with Gasteiger partial charge in [0.25, 0.3) is 0 Å². The smallest absolute Gasteiger partial charge is 0.123 e. The lowest BCUT2D eigenvalue weighted by atomic mass is 9.62. The minimum Gasteiger partial charge on any atom is -0.378 e. The first-order chi connectivity index (χ1) is 9.20. The highest BCUT2D eigenvalue weighted by molar-refractivity contribution is 5.25. The Kier molecular flexibility index (Phi) is 3.59. The second kappa shape index (κ2) is 5.22. The predicted molar refractivity (Wildman–Crippen MR) is 73.7 cm³/mol. The first-order valence-corrected chi connectivity index (χ1v) is 7.27. The Balaban J connectivity index is 1.92. The zero-order valence-corrected chi connectivity index (χ0v) is 11.5. The fraction of sp³-hybridized carbons (Fsp3) is 0.625. The van der Waals surface area contributed by atoms with Crippen LogP contribution in [0.1, 0.15) is 37.7 Å². The molecule has 1 aromatic rings. The van der Waals surface area contributed by atoms with E-state index in [2.05, 4.69) is 18.3 Å². The number of ether oxygens (including phenoxy) is 1. The van der Waals surface area contributed by atoms with Gasteiger partial charge in [0.15, 0.2) is 0 Å². The quantitative estimate of drug-likeness (QED) is 0.840. The van der Waals surface area contributed by atoms with Crippen molar-refractivity contribution < 1.29 is 9.13 Å². The van der Waals surface area contributed by atoms with Crippen molar-refractivity contribution in [1.29, 1.82) is 0 Å². The van der Waals surface area contributed by atoms with Gasteiger partial charge in [-0.3, -0.25) is 0 Å². The van der Waals surface area contributed by atoms with Crippen molar-refractivity contribution >= 4 is 0 Å². The molecule has 2 saturated heterocycles. The van der Waals surface area contributed by atoms with E-state index in [9.17, 15) is 4.39 Å². The second-order valence-electron chi connectivity index (χ2n) is 6.06. The molecule has 0 radical (unpaired) electrons. The Morgan fingerprint density at radius 2 is 2.26 bits per heavy atom. The molecule has 19 heavy (non-hydrogen) atoms. The highest BCUT2D eigenvalue weighted by Gasteiger charge is 2.44. The first kappa shape index (κ1) is 13.1. The third-order valence-electron chi connectivity index (χ3n) is 4.83. The van der Waals surface area contributed by atoms with Crippen molar-refractivity contribution in [2.24, 2.45) is 5.41 Å². The SMILES string of the molecule is CC1CC2(CCNCC2c2cccc(F)c2)CCO1. The fourth-order valence-electron chi connectivity index (χ4n) is 3.91. The van der Waals surface area contributed by atoms with Crippen LogP contribution in [-0.4, -0.2) is 25.8 Å². The van der Waals surface area contributed by atoms with Crippen LogP contribution in [0.25, 0.3) is 0 Å². The van der Waals surface area contributed by atoms with Gasteiger partial charge in [0, 0.05) is 19.1 Å². The van der Waals surface area contributed by atoms with Crippen molar-refractivity contribution in [2.45, 2.75) is 38.2 Å². The van der Waals surface area contributed by atoms with E-state index in [4.69, 9.17) is 4.74 Å². The molecule has 1 N–H and O–H groups in total. The molecule has 0 aliphatic carbocycles. The molecule has 1 spiro atoms. The van der Waals surface area contributed by atoms with Gasteiger partial charge in [-0.1, -0.05) is 12.1 Å².